The average Bonchev–Trinajstić information content (AvgIpc) is 2.62. The molecule has 2 aromatic rings. The first-order valence-corrected chi connectivity index (χ1v) is 6.12. The van der Waals surface area contributed by atoms with Gasteiger partial charge < -0.3 is 5.73 Å². The summed E-state index contributed by atoms with van der Waals surface area (Å²) in [5.74, 6) is 0.385. The van der Waals surface area contributed by atoms with Crippen LogP contribution in [-0.2, 0) is 0 Å². The van der Waals surface area contributed by atoms with Crippen molar-refractivity contribution in [3.05, 3.63) is 27.7 Å². The molecule has 74 valence electrons. The van der Waals surface area contributed by atoms with E-state index in [-0.39, 0.29) is 0 Å². The average molecular weight is 271 g/mol. The van der Waals surface area contributed by atoms with Gasteiger partial charge in [0.15, 0.2) is 0 Å². The van der Waals surface area contributed by atoms with Crippen molar-refractivity contribution in [3.63, 3.8) is 0 Å². The van der Waals surface area contributed by atoms with E-state index in [0.717, 1.165) is 9.99 Å². The maximum absolute atomic E-state index is 5.68. The molecule has 0 aliphatic rings. The molecule has 0 amide bonds. The number of thiazole rings is 1. The van der Waals surface area contributed by atoms with E-state index in [4.69, 9.17) is 5.73 Å². The highest BCUT2D eigenvalue weighted by atomic mass is 79.9. The first kappa shape index (κ1) is 10.1. The van der Waals surface area contributed by atoms with Crippen LogP contribution in [0.25, 0.3) is 10.2 Å². The Balaban J connectivity index is 2.66. The zero-order chi connectivity index (χ0) is 10.1. The molecule has 0 spiro atoms. The quantitative estimate of drug-likeness (QED) is 0.911. The fraction of sp³-hybridized carbons (Fsp3) is 0.300. The minimum atomic E-state index is 0.385. The van der Waals surface area contributed by atoms with E-state index in [2.05, 4.69) is 33.9 Å². The van der Waals surface area contributed by atoms with Crippen LogP contribution in [0, 0.1) is 0 Å². The number of benzene rings is 1. The first-order valence-electron chi connectivity index (χ1n) is 4.45. The molecule has 0 fully saturated rings. The highest BCUT2D eigenvalue weighted by molar-refractivity contribution is 9.10. The molecule has 1 aromatic carbocycles. The summed E-state index contributed by atoms with van der Waals surface area (Å²) >= 11 is 5.17. The van der Waals surface area contributed by atoms with Crippen molar-refractivity contribution in [1.82, 2.24) is 4.98 Å². The Kier molecular flexibility index (Phi) is 2.85. The van der Waals surface area contributed by atoms with E-state index in [0.29, 0.717) is 12.5 Å². The second kappa shape index (κ2) is 3.96. The minimum Gasteiger partial charge on any atom is -0.330 e. The van der Waals surface area contributed by atoms with Crippen molar-refractivity contribution in [2.45, 2.75) is 12.8 Å². The van der Waals surface area contributed by atoms with Crippen LogP contribution in [0.2, 0.25) is 0 Å². The van der Waals surface area contributed by atoms with E-state index in [1.807, 2.05) is 11.6 Å². The lowest BCUT2D eigenvalue weighted by molar-refractivity contribution is 0.781. The zero-order valence-corrected chi connectivity index (χ0v) is 10.2. The van der Waals surface area contributed by atoms with Crippen molar-refractivity contribution in [2.75, 3.05) is 6.54 Å². The van der Waals surface area contributed by atoms with Crippen LogP contribution in [0.1, 0.15) is 18.4 Å². The molecule has 0 saturated heterocycles. The van der Waals surface area contributed by atoms with E-state index < -0.39 is 0 Å². The second-order valence-electron chi connectivity index (χ2n) is 3.33. The van der Waals surface area contributed by atoms with Gasteiger partial charge in [0.2, 0.25) is 0 Å². The molecule has 0 saturated carbocycles. The molecule has 2 rings (SSSR count). The first-order chi connectivity index (χ1) is 6.72. The van der Waals surface area contributed by atoms with Crippen molar-refractivity contribution in [2.24, 2.45) is 5.73 Å². The maximum Gasteiger partial charge on any atom is 0.0826 e. The Morgan fingerprint density at radius 1 is 1.57 bits per heavy atom. The molecule has 1 aromatic heterocycles. The fourth-order valence-corrected chi connectivity index (χ4v) is 2.82. The van der Waals surface area contributed by atoms with E-state index in [1.54, 1.807) is 11.3 Å². The number of hydrogen-bond donors (Lipinski definition) is 1. The summed E-state index contributed by atoms with van der Waals surface area (Å²) in [5, 5.41) is 0. The van der Waals surface area contributed by atoms with Crippen LogP contribution in [0.5, 0.6) is 0 Å². The van der Waals surface area contributed by atoms with E-state index in [9.17, 15) is 0 Å². The molecule has 4 heteroatoms. The molecular formula is C10H11BrN2S. The monoisotopic (exact) mass is 270 g/mol. The number of rotatable bonds is 2. The molecule has 0 bridgehead atoms. The summed E-state index contributed by atoms with van der Waals surface area (Å²) in [7, 11) is 0. The number of aromatic nitrogens is 1. The summed E-state index contributed by atoms with van der Waals surface area (Å²) < 4.78 is 2.33. The van der Waals surface area contributed by atoms with Crippen molar-refractivity contribution >= 4 is 37.5 Å². The zero-order valence-electron chi connectivity index (χ0n) is 7.83. The Morgan fingerprint density at radius 2 is 2.36 bits per heavy atom. The van der Waals surface area contributed by atoms with Crippen LogP contribution in [0.15, 0.2) is 22.1 Å². The smallest absolute Gasteiger partial charge is 0.0826 e. The molecule has 0 radical (unpaired) electrons. The van der Waals surface area contributed by atoms with Gasteiger partial charge in [0.25, 0.3) is 0 Å². The number of halogens is 1. The van der Waals surface area contributed by atoms with Crippen LogP contribution in [0.3, 0.4) is 0 Å². The molecule has 0 aliphatic heterocycles. The summed E-state index contributed by atoms with van der Waals surface area (Å²) in [5.41, 5.74) is 9.91. The van der Waals surface area contributed by atoms with Gasteiger partial charge in [0.05, 0.1) is 15.7 Å². The molecular weight excluding hydrogens is 260 g/mol. The van der Waals surface area contributed by atoms with Crippen LogP contribution < -0.4 is 5.73 Å². The third kappa shape index (κ3) is 1.69. The number of hydrogen-bond acceptors (Lipinski definition) is 3. The summed E-state index contributed by atoms with van der Waals surface area (Å²) in [6.45, 7) is 2.81. The summed E-state index contributed by atoms with van der Waals surface area (Å²) in [6, 6.07) is 4.18. The SMILES string of the molecule is CC(CN)c1cc(Br)cc2ncsc12. The Morgan fingerprint density at radius 3 is 3.07 bits per heavy atom. The van der Waals surface area contributed by atoms with Crippen LogP contribution >= 0.6 is 27.3 Å². The lowest BCUT2D eigenvalue weighted by Gasteiger charge is -2.10. The maximum atomic E-state index is 5.68. The molecule has 1 heterocycles. The fourth-order valence-electron chi connectivity index (χ4n) is 1.45. The predicted molar refractivity (Wildman–Crippen MR) is 64.8 cm³/mol. The molecule has 2 N–H and O–H groups in total. The molecule has 14 heavy (non-hydrogen) atoms. The third-order valence-corrected chi connectivity index (χ3v) is 3.66. The van der Waals surface area contributed by atoms with Gasteiger partial charge in [-0.15, -0.1) is 11.3 Å². The standard InChI is InChI=1S/C10H11BrN2S/c1-6(4-12)8-2-7(11)3-9-10(8)14-5-13-9/h2-3,5-6H,4,12H2,1H3. The number of nitrogens with zero attached hydrogens (tertiary/aromatic N) is 1. The van der Waals surface area contributed by atoms with Crippen molar-refractivity contribution in [3.8, 4) is 0 Å². The highest BCUT2D eigenvalue weighted by Crippen LogP contribution is 2.31. The van der Waals surface area contributed by atoms with Gasteiger partial charge in [-0.2, -0.15) is 0 Å². The van der Waals surface area contributed by atoms with E-state index in [1.165, 1.54) is 10.3 Å². The van der Waals surface area contributed by atoms with Gasteiger partial charge in [-0.3, -0.25) is 0 Å². The Bertz CT molecular complexity index is 452. The topological polar surface area (TPSA) is 38.9 Å². The molecule has 2 nitrogen and oxygen atoms in total. The lowest BCUT2D eigenvalue weighted by Crippen LogP contribution is -2.08. The molecule has 1 unspecified atom stereocenters. The number of fused-ring (bicyclic) bond motifs is 1. The van der Waals surface area contributed by atoms with Crippen molar-refractivity contribution < 1.29 is 0 Å². The number of nitrogens with two attached hydrogens (primary N) is 1. The third-order valence-electron chi connectivity index (χ3n) is 2.31. The van der Waals surface area contributed by atoms with Crippen LogP contribution in [-0.4, -0.2) is 11.5 Å². The molecule has 0 aliphatic carbocycles. The highest BCUT2D eigenvalue weighted by Gasteiger charge is 2.10. The van der Waals surface area contributed by atoms with Gasteiger partial charge in [-0.1, -0.05) is 22.9 Å². The Hall–Kier alpha value is -0.450. The van der Waals surface area contributed by atoms with Gasteiger partial charge in [-0.05, 0) is 30.2 Å². The predicted octanol–water partition coefficient (Wildman–Crippen LogP) is 3.12. The lowest BCUT2D eigenvalue weighted by atomic mass is 10.0. The molecule has 1 atom stereocenters. The van der Waals surface area contributed by atoms with Gasteiger partial charge in [-0.25, -0.2) is 4.98 Å². The van der Waals surface area contributed by atoms with Crippen LogP contribution in [0.4, 0.5) is 0 Å². The summed E-state index contributed by atoms with van der Waals surface area (Å²) in [6.07, 6.45) is 0. The van der Waals surface area contributed by atoms with Gasteiger partial charge >= 0.3 is 0 Å². The summed E-state index contributed by atoms with van der Waals surface area (Å²) in [4.78, 5) is 4.30. The van der Waals surface area contributed by atoms with Gasteiger partial charge in [0, 0.05) is 4.47 Å². The Labute approximate surface area is 95.3 Å². The normalized spacial score (nSPS) is 13.4. The minimum absolute atomic E-state index is 0.385. The van der Waals surface area contributed by atoms with E-state index >= 15 is 0 Å². The van der Waals surface area contributed by atoms with Crippen molar-refractivity contribution in [1.29, 1.82) is 0 Å². The van der Waals surface area contributed by atoms with Gasteiger partial charge in [0.1, 0.15) is 0 Å². The largest absolute Gasteiger partial charge is 0.330 e. The second-order valence-corrected chi connectivity index (χ2v) is 5.10.